The maximum absolute atomic E-state index is 9.24. The second kappa shape index (κ2) is 3.63. The molecule has 0 aromatic heterocycles. The quantitative estimate of drug-likeness (QED) is 0.457. The summed E-state index contributed by atoms with van der Waals surface area (Å²) in [6.45, 7) is -0.0243. The largest absolute Gasteiger partial charge is 1.00 e. The lowest BCUT2D eigenvalue weighted by Gasteiger charge is -1.69. The Morgan fingerprint density at radius 2 is 2.60 bits per heavy atom. The standard InChI is InChI=1S/C3H6O2/c4-2-1-3-5/h2,5H,1,3H2/p+1. The Morgan fingerprint density at radius 3 is 2.60 bits per heavy atom. The van der Waals surface area contributed by atoms with E-state index in [9.17, 15) is 4.79 Å². The summed E-state index contributed by atoms with van der Waals surface area (Å²) in [6.07, 6.45) is 0.944. The van der Waals surface area contributed by atoms with Crippen LogP contribution in [-0.2, 0) is 4.79 Å². The van der Waals surface area contributed by atoms with Crippen molar-refractivity contribution in [3.8, 4) is 0 Å². The molecule has 0 aliphatic carbocycles. The summed E-state index contributed by atoms with van der Waals surface area (Å²) >= 11 is 0. The van der Waals surface area contributed by atoms with Crippen molar-refractivity contribution in [1.82, 2.24) is 0 Å². The highest BCUT2D eigenvalue weighted by Gasteiger charge is 1.67. The van der Waals surface area contributed by atoms with Gasteiger partial charge in [-0.1, -0.05) is 0 Å². The summed E-state index contributed by atoms with van der Waals surface area (Å²) in [5, 5.41) is 7.84. The van der Waals surface area contributed by atoms with Crippen LogP contribution >= 0.6 is 0 Å². The first kappa shape index (κ1) is 4.63. The lowest BCUT2D eigenvalue weighted by molar-refractivity contribution is -0.108. The molecule has 2 nitrogen and oxygen atoms in total. The van der Waals surface area contributed by atoms with Crippen molar-refractivity contribution in [3.05, 3.63) is 0 Å². The lowest BCUT2D eigenvalue weighted by atomic mass is 10.5. The van der Waals surface area contributed by atoms with E-state index < -0.39 is 0 Å². The SMILES string of the molecule is O=CCCO.[H+]. The fourth-order valence-corrected chi connectivity index (χ4v) is 0.0527. The zero-order chi connectivity index (χ0) is 4.12. The summed E-state index contributed by atoms with van der Waals surface area (Å²) in [7, 11) is 0. The second-order valence-electron chi connectivity index (χ2n) is 0.679. The summed E-state index contributed by atoms with van der Waals surface area (Å²) in [4.78, 5) is 9.24. The number of hydrogen-bond donors (Lipinski definition) is 1. The average Bonchev–Trinajstić information content (AvgIpc) is 1.41. The van der Waals surface area contributed by atoms with E-state index in [4.69, 9.17) is 5.11 Å². The molecule has 0 atom stereocenters. The lowest BCUT2D eigenvalue weighted by Crippen LogP contribution is -1.78. The fraction of sp³-hybridized carbons (Fsp3) is 0.667. The van der Waals surface area contributed by atoms with Gasteiger partial charge in [0, 0.05) is 13.0 Å². The van der Waals surface area contributed by atoms with E-state index in [1.807, 2.05) is 0 Å². The maximum Gasteiger partial charge on any atom is 1.00 e. The Balaban J connectivity index is 0. The number of aliphatic hydroxyl groups is 1. The van der Waals surface area contributed by atoms with Crippen LogP contribution in [0.3, 0.4) is 0 Å². The third-order valence-corrected chi connectivity index (χ3v) is 0.247. The molecule has 0 saturated carbocycles. The third kappa shape index (κ3) is 3.63. The molecule has 0 spiro atoms. The first-order chi connectivity index (χ1) is 2.41. The monoisotopic (exact) mass is 75.0 g/mol. The van der Waals surface area contributed by atoms with Crippen LogP contribution in [0, 0.1) is 0 Å². The second-order valence-corrected chi connectivity index (χ2v) is 0.679. The van der Waals surface area contributed by atoms with E-state index in [1.54, 1.807) is 0 Å². The average molecular weight is 75.1 g/mol. The number of aldehydes is 1. The molecular weight excluding hydrogens is 68.0 g/mol. The van der Waals surface area contributed by atoms with Gasteiger partial charge in [0.15, 0.2) is 0 Å². The van der Waals surface area contributed by atoms with Gasteiger partial charge in [-0.25, -0.2) is 0 Å². The Hall–Kier alpha value is -0.370. The van der Waals surface area contributed by atoms with E-state index in [0.717, 1.165) is 0 Å². The zero-order valence-corrected chi connectivity index (χ0v) is 2.85. The van der Waals surface area contributed by atoms with Gasteiger partial charge >= 0.3 is 1.43 Å². The van der Waals surface area contributed by atoms with E-state index in [1.165, 1.54) is 0 Å². The summed E-state index contributed by atoms with van der Waals surface area (Å²) < 4.78 is 0. The van der Waals surface area contributed by atoms with Crippen LogP contribution in [0.2, 0.25) is 0 Å². The smallest absolute Gasteiger partial charge is 0.396 e. The highest BCUT2D eigenvalue weighted by Crippen LogP contribution is 1.58. The van der Waals surface area contributed by atoms with Gasteiger partial charge in [0.25, 0.3) is 0 Å². The van der Waals surface area contributed by atoms with E-state index in [2.05, 4.69) is 0 Å². The number of aliphatic hydroxyl groups excluding tert-OH is 1. The van der Waals surface area contributed by atoms with Crippen LogP contribution in [0.15, 0.2) is 0 Å². The van der Waals surface area contributed by atoms with Crippen molar-refractivity contribution in [2.45, 2.75) is 6.42 Å². The van der Waals surface area contributed by atoms with Gasteiger partial charge in [-0.2, -0.15) is 0 Å². The van der Waals surface area contributed by atoms with Crippen LogP contribution in [0.25, 0.3) is 0 Å². The molecule has 0 fully saturated rings. The van der Waals surface area contributed by atoms with Crippen molar-refractivity contribution in [3.63, 3.8) is 0 Å². The van der Waals surface area contributed by atoms with Crippen LogP contribution < -0.4 is 0 Å². The summed E-state index contributed by atoms with van der Waals surface area (Å²) in [6, 6.07) is 0. The molecule has 0 saturated heterocycles. The molecule has 0 aromatic carbocycles. The van der Waals surface area contributed by atoms with Gasteiger partial charge in [-0.05, 0) is 0 Å². The molecule has 0 radical (unpaired) electrons. The number of rotatable bonds is 2. The van der Waals surface area contributed by atoms with Crippen molar-refractivity contribution < 1.29 is 11.3 Å². The van der Waals surface area contributed by atoms with E-state index in [-0.39, 0.29) is 14.5 Å². The summed E-state index contributed by atoms with van der Waals surface area (Å²) in [5.41, 5.74) is 0. The number of carbonyl (C=O) groups excluding carboxylic acids is 1. The molecular formula is C3H7O2+. The topological polar surface area (TPSA) is 37.3 Å². The minimum Gasteiger partial charge on any atom is -0.396 e. The molecule has 0 aromatic rings. The minimum atomic E-state index is -0.0243. The molecule has 0 bridgehead atoms. The van der Waals surface area contributed by atoms with Gasteiger partial charge in [0.1, 0.15) is 6.29 Å². The molecule has 0 aliphatic rings. The third-order valence-electron chi connectivity index (χ3n) is 0.247. The van der Waals surface area contributed by atoms with Gasteiger partial charge in [-0.3, -0.25) is 0 Å². The molecule has 30 valence electrons. The highest BCUT2D eigenvalue weighted by molar-refractivity contribution is 5.49. The number of carbonyl (C=O) groups is 1. The fourth-order valence-electron chi connectivity index (χ4n) is 0.0527. The van der Waals surface area contributed by atoms with Gasteiger partial charge in [0.05, 0.1) is 0 Å². The first-order valence-electron chi connectivity index (χ1n) is 1.46. The molecule has 0 unspecified atom stereocenters. The van der Waals surface area contributed by atoms with Gasteiger partial charge in [0.2, 0.25) is 0 Å². The molecule has 0 heterocycles. The highest BCUT2D eigenvalue weighted by atomic mass is 16.3. The van der Waals surface area contributed by atoms with Crippen LogP contribution in [-0.4, -0.2) is 18.0 Å². The van der Waals surface area contributed by atoms with Crippen LogP contribution in [0.5, 0.6) is 0 Å². The summed E-state index contributed by atoms with van der Waals surface area (Å²) in [5.74, 6) is 0. The van der Waals surface area contributed by atoms with Crippen molar-refractivity contribution in [2.24, 2.45) is 0 Å². The molecule has 0 amide bonds. The Kier molecular flexibility index (Phi) is 3.36. The molecule has 2 heteroatoms. The molecule has 1 N–H and O–H groups in total. The van der Waals surface area contributed by atoms with E-state index in [0.29, 0.717) is 6.29 Å². The van der Waals surface area contributed by atoms with Crippen molar-refractivity contribution in [1.29, 1.82) is 0 Å². The number of hydrogen-bond acceptors (Lipinski definition) is 2. The van der Waals surface area contributed by atoms with Crippen LogP contribution in [0.4, 0.5) is 0 Å². The zero-order valence-electron chi connectivity index (χ0n) is 3.85. The van der Waals surface area contributed by atoms with Crippen molar-refractivity contribution in [2.75, 3.05) is 6.61 Å². The molecule has 0 rings (SSSR count). The Labute approximate surface area is 31.9 Å². The first-order valence-corrected chi connectivity index (χ1v) is 1.46. The Morgan fingerprint density at radius 1 is 2.00 bits per heavy atom. The predicted octanol–water partition coefficient (Wildman–Crippen LogP) is -0.320. The molecule has 0 aliphatic heterocycles. The van der Waals surface area contributed by atoms with Crippen molar-refractivity contribution >= 4 is 6.29 Å². The van der Waals surface area contributed by atoms with E-state index >= 15 is 0 Å². The Bertz CT molecular complexity index is 30.0. The maximum atomic E-state index is 9.24. The molecule has 5 heavy (non-hydrogen) atoms. The van der Waals surface area contributed by atoms with Crippen LogP contribution in [0.1, 0.15) is 7.85 Å². The minimum absolute atomic E-state index is 0. The van der Waals surface area contributed by atoms with Gasteiger partial charge < -0.3 is 9.90 Å². The predicted molar refractivity (Wildman–Crippen MR) is 18.9 cm³/mol. The normalized spacial score (nSPS) is 7.40. The van der Waals surface area contributed by atoms with Gasteiger partial charge in [-0.15, -0.1) is 0 Å².